The van der Waals surface area contributed by atoms with Crippen LogP contribution in [0.2, 0.25) is 0 Å². The van der Waals surface area contributed by atoms with Crippen molar-refractivity contribution in [1.29, 1.82) is 0 Å². The van der Waals surface area contributed by atoms with Crippen LogP contribution in [0.15, 0.2) is 14.7 Å². The van der Waals surface area contributed by atoms with E-state index in [0.29, 0.717) is 5.16 Å². The highest BCUT2D eigenvalue weighted by Crippen LogP contribution is 2.06. The first-order valence-corrected chi connectivity index (χ1v) is 4.04. The van der Waals surface area contributed by atoms with Crippen molar-refractivity contribution < 1.29 is 0 Å². The Bertz CT molecular complexity index is 342. The van der Waals surface area contributed by atoms with Gasteiger partial charge in [0, 0.05) is 0 Å². The molecule has 0 amide bonds. The third-order valence-electron chi connectivity index (χ3n) is 0.967. The Balaban J connectivity index is 3.06. The smallest absolute Gasteiger partial charge is 0.295 e. The van der Waals surface area contributed by atoms with Gasteiger partial charge in [-0.2, -0.15) is 0 Å². The van der Waals surface area contributed by atoms with Gasteiger partial charge in [-0.3, -0.25) is 14.6 Å². The summed E-state index contributed by atoms with van der Waals surface area (Å²) in [6.07, 6.45) is 0. The topological polar surface area (TPSA) is 78.6 Å². The van der Waals surface area contributed by atoms with E-state index in [4.69, 9.17) is 0 Å². The van der Waals surface area contributed by atoms with Gasteiger partial charge in [0.1, 0.15) is 0 Å². The molecule has 0 bridgehead atoms. The fourth-order valence-corrected chi connectivity index (χ4v) is 1.09. The van der Waals surface area contributed by atoms with E-state index in [1.165, 1.54) is 11.8 Å². The first-order valence-electron chi connectivity index (χ1n) is 3.06. The summed E-state index contributed by atoms with van der Waals surface area (Å²) < 4.78 is 0. The van der Waals surface area contributed by atoms with Crippen LogP contribution < -0.4 is 11.1 Å². The summed E-state index contributed by atoms with van der Waals surface area (Å²) in [5.74, 6) is 0.801. The molecule has 60 valence electrons. The van der Waals surface area contributed by atoms with Crippen LogP contribution in [-0.2, 0) is 0 Å². The molecule has 0 radical (unpaired) electrons. The van der Waals surface area contributed by atoms with Crippen LogP contribution in [0, 0.1) is 0 Å². The van der Waals surface area contributed by atoms with Crippen molar-refractivity contribution in [3.8, 4) is 0 Å². The lowest BCUT2D eigenvalue weighted by Crippen LogP contribution is -2.30. The number of aromatic amines is 2. The van der Waals surface area contributed by atoms with E-state index in [1.807, 2.05) is 6.92 Å². The van der Waals surface area contributed by atoms with E-state index < -0.39 is 11.1 Å². The van der Waals surface area contributed by atoms with Crippen LogP contribution >= 0.6 is 11.8 Å². The van der Waals surface area contributed by atoms with Gasteiger partial charge < -0.3 is 0 Å². The molecule has 0 aliphatic heterocycles. The number of thioether (sulfide) groups is 1. The number of aromatic nitrogens is 3. The summed E-state index contributed by atoms with van der Waals surface area (Å²) >= 11 is 1.36. The fraction of sp³-hybridized carbons (Fsp3) is 0.400. The summed E-state index contributed by atoms with van der Waals surface area (Å²) in [6, 6.07) is 0. The van der Waals surface area contributed by atoms with E-state index >= 15 is 0 Å². The van der Waals surface area contributed by atoms with Gasteiger partial charge in [-0.25, -0.2) is 5.10 Å². The van der Waals surface area contributed by atoms with Crippen LogP contribution in [0.1, 0.15) is 6.92 Å². The third-order valence-corrected chi connectivity index (χ3v) is 1.72. The SMILES string of the molecule is CCSc1n[nH]c(=O)c(=O)[nH]1. The summed E-state index contributed by atoms with van der Waals surface area (Å²) in [5.41, 5.74) is -1.37. The Morgan fingerprint density at radius 1 is 1.45 bits per heavy atom. The van der Waals surface area contributed by atoms with Crippen molar-refractivity contribution in [3.63, 3.8) is 0 Å². The van der Waals surface area contributed by atoms with Crippen molar-refractivity contribution in [2.24, 2.45) is 0 Å². The second-order valence-electron chi connectivity index (χ2n) is 1.75. The maximum atomic E-state index is 10.7. The van der Waals surface area contributed by atoms with Crippen LogP contribution in [0.3, 0.4) is 0 Å². The zero-order valence-corrected chi connectivity index (χ0v) is 6.70. The molecule has 0 saturated heterocycles. The lowest BCUT2D eigenvalue weighted by Gasteiger charge is -1.92. The number of hydrogen-bond acceptors (Lipinski definition) is 4. The lowest BCUT2D eigenvalue weighted by atomic mass is 10.8. The molecule has 0 aromatic carbocycles. The van der Waals surface area contributed by atoms with Gasteiger partial charge >= 0.3 is 11.1 Å². The first-order chi connectivity index (χ1) is 5.24. The maximum Gasteiger partial charge on any atom is 0.329 e. The van der Waals surface area contributed by atoms with E-state index in [9.17, 15) is 9.59 Å². The van der Waals surface area contributed by atoms with E-state index in [1.54, 1.807) is 0 Å². The third kappa shape index (κ3) is 1.94. The Hall–Kier alpha value is -1.04. The summed E-state index contributed by atoms with van der Waals surface area (Å²) in [5, 5.41) is 6.12. The highest BCUT2D eigenvalue weighted by Gasteiger charge is 1.96. The number of nitrogens with one attached hydrogen (secondary N) is 2. The molecule has 0 spiro atoms. The van der Waals surface area contributed by atoms with Crippen molar-refractivity contribution >= 4 is 11.8 Å². The molecule has 0 fully saturated rings. The molecule has 0 aliphatic carbocycles. The van der Waals surface area contributed by atoms with Crippen LogP contribution in [-0.4, -0.2) is 20.9 Å². The normalized spacial score (nSPS) is 9.91. The molecule has 2 N–H and O–H groups in total. The largest absolute Gasteiger partial charge is 0.329 e. The number of rotatable bonds is 2. The van der Waals surface area contributed by atoms with Gasteiger partial charge in [0.05, 0.1) is 0 Å². The molecule has 1 rings (SSSR count). The average Bonchev–Trinajstić information content (AvgIpc) is 1.98. The quantitative estimate of drug-likeness (QED) is 0.470. The first kappa shape index (κ1) is 8.06. The van der Waals surface area contributed by atoms with Crippen molar-refractivity contribution in [2.45, 2.75) is 12.1 Å². The molecule has 1 heterocycles. The molecule has 5 nitrogen and oxygen atoms in total. The summed E-state index contributed by atoms with van der Waals surface area (Å²) in [6.45, 7) is 1.93. The molecular weight excluding hydrogens is 166 g/mol. The van der Waals surface area contributed by atoms with Crippen LogP contribution in [0.4, 0.5) is 0 Å². The number of H-pyrrole nitrogens is 2. The van der Waals surface area contributed by atoms with Crippen LogP contribution in [0.5, 0.6) is 0 Å². The Morgan fingerprint density at radius 2 is 2.18 bits per heavy atom. The van der Waals surface area contributed by atoms with Crippen molar-refractivity contribution in [1.82, 2.24) is 15.2 Å². The van der Waals surface area contributed by atoms with E-state index in [2.05, 4.69) is 15.2 Å². The molecule has 0 aliphatic rings. The maximum absolute atomic E-state index is 10.7. The fourth-order valence-electron chi connectivity index (χ4n) is 0.539. The highest BCUT2D eigenvalue weighted by atomic mass is 32.2. The zero-order chi connectivity index (χ0) is 8.27. The van der Waals surface area contributed by atoms with Crippen LogP contribution in [0.25, 0.3) is 0 Å². The van der Waals surface area contributed by atoms with Gasteiger partial charge in [-0.05, 0) is 5.75 Å². The van der Waals surface area contributed by atoms with Crippen molar-refractivity contribution in [3.05, 3.63) is 20.7 Å². The standard InChI is InChI=1S/C5H7N3O2S/c1-2-11-5-6-3(9)4(10)7-8-5/h2H2,1H3,(H,7,10)(H,6,8,9). The lowest BCUT2D eigenvalue weighted by molar-refractivity contribution is 0.791. The Kier molecular flexibility index (Phi) is 2.48. The zero-order valence-electron chi connectivity index (χ0n) is 5.88. The monoisotopic (exact) mass is 173 g/mol. The number of hydrogen-bond donors (Lipinski definition) is 2. The van der Waals surface area contributed by atoms with Gasteiger partial charge in [-0.1, -0.05) is 18.7 Å². The molecule has 1 aromatic rings. The Labute approximate surface area is 66.2 Å². The van der Waals surface area contributed by atoms with Crippen molar-refractivity contribution in [2.75, 3.05) is 5.75 Å². The Morgan fingerprint density at radius 3 is 2.73 bits per heavy atom. The van der Waals surface area contributed by atoms with Gasteiger partial charge in [-0.15, -0.1) is 5.10 Å². The average molecular weight is 173 g/mol. The molecule has 1 aromatic heterocycles. The van der Waals surface area contributed by atoms with E-state index in [0.717, 1.165) is 5.75 Å². The summed E-state index contributed by atoms with van der Waals surface area (Å²) in [7, 11) is 0. The predicted molar refractivity (Wildman–Crippen MR) is 41.9 cm³/mol. The molecule has 0 saturated carbocycles. The van der Waals surface area contributed by atoms with Gasteiger partial charge in [0.25, 0.3) is 0 Å². The molecule has 0 unspecified atom stereocenters. The second-order valence-corrected chi connectivity index (χ2v) is 3.00. The molecule has 11 heavy (non-hydrogen) atoms. The van der Waals surface area contributed by atoms with Gasteiger partial charge in [0.2, 0.25) is 0 Å². The second kappa shape index (κ2) is 3.38. The highest BCUT2D eigenvalue weighted by molar-refractivity contribution is 7.99. The molecular formula is C5H7N3O2S. The molecule has 0 atom stereocenters. The minimum Gasteiger partial charge on any atom is -0.295 e. The molecule has 6 heteroatoms. The predicted octanol–water partition coefficient (Wildman–Crippen LogP) is -0.430. The minimum absolute atomic E-state index is 0.442. The van der Waals surface area contributed by atoms with Gasteiger partial charge in [0.15, 0.2) is 5.16 Å². The summed E-state index contributed by atoms with van der Waals surface area (Å²) in [4.78, 5) is 23.5. The minimum atomic E-state index is -0.717. The van der Waals surface area contributed by atoms with E-state index in [-0.39, 0.29) is 0 Å². The number of nitrogens with zero attached hydrogens (tertiary/aromatic N) is 1.